The molecule has 3 aromatic heterocycles. The van der Waals surface area contributed by atoms with Crippen molar-refractivity contribution in [2.45, 2.75) is 52.4 Å². The lowest BCUT2D eigenvalue weighted by Crippen LogP contribution is -2.42. The first kappa shape index (κ1) is 38.8. The van der Waals surface area contributed by atoms with Gasteiger partial charge in [-0.1, -0.05) is 139 Å². The van der Waals surface area contributed by atoms with Gasteiger partial charge in [0.1, 0.15) is 0 Å². The van der Waals surface area contributed by atoms with Crippen LogP contribution in [-0.4, -0.2) is 13.7 Å². The van der Waals surface area contributed by atoms with Crippen molar-refractivity contribution in [2.24, 2.45) is 5.41 Å². The summed E-state index contributed by atoms with van der Waals surface area (Å²) in [5, 5.41) is 7.59. The van der Waals surface area contributed by atoms with E-state index in [2.05, 4.69) is 255 Å². The molecular formula is C63H51N3. The van der Waals surface area contributed by atoms with Crippen molar-refractivity contribution in [2.75, 3.05) is 0 Å². The van der Waals surface area contributed by atoms with E-state index in [1.54, 1.807) is 0 Å². The summed E-state index contributed by atoms with van der Waals surface area (Å²) in [7, 11) is 0. The summed E-state index contributed by atoms with van der Waals surface area (Å²) in [5.41, 5.74) is 18.7. The lowest BCUT2D eigenvalue weighted by molar-refractivity contribution is 0.125. The van der Waals surface area contributed by atoms with E-state index in [0.29, 0.717) is 0 Å². The predicted octanol–water partition coefficient (Wildman–Crippen LogP) is 16.9. The number of hydrogen-bond donors (Lipinski definition) is 0. The largest absolute Gasteiger partial charge is 0.309 e. The Morgan fingerprint density at radius 1 is 0.258 bits per heavy atom. The van der Waals surface area contributed by atoms with Crippen LogP contribution in [0.1, 0.15) is 52.7 Å². The molecule has 66 heavy (non-hydrogen) atoms. The first-order chi connectivity index (χ1) is 32.0. The van der Waals surface area contributed by atoms with Crippen molar-refractivity contribution in [3.8, 4) is 39.3 Å². The zero-order chi connectivity index (χ0) is 44.7. The van der Waals surface area contributed by atoms with E-state index in [4.69, 9.17) is 0 Å². The normalized spacial score (nSPS) is 15.2. The van der Waals surface area contributed by atoms with Crippen molar-refractivity contribution < 1.29 is 0 Å². The van der Waals surface area contributed by atoms with Gasteiger partial charge in [-0.05, 0) is 153 Å². The van der Waals surface area contributed by atoms with Gasteiger partial charge in [-0.25, -0.2) is 0 Å². The third kappa shape index (κ3) is 5.26. The highest BCUT2D eigenvalue weighted by molar-refractivity contribution is 6.15. The Kier molecular flexibility index (Phi) is 8.06. The summed E-state index contributed by atoms with van der Waals surface area (Å²) < 4.78 is 7.30. The third-order valence-electron chi connectivity index (χ3n) is 16.5. The molecule has 0 spiro atoms. The Labute approximate surface area is 385 Å². The molecule has 0 unspecified atom stereocenters. The molecule has 13 rings (SSSR count). The maximum Gasteiger partial charge on any atom is 0.0544 e. The molecule has 0 N–H and O–H groups in total. The van der Waals surface area contributed by atoms with E-state index in [-0.39, 0.29) is 16.2 Å². The van der Waals surface area contributed by atoms with Crippen LogP contribution in [0.2, 0.25) is 0 Å². The van der Waals surface area contributed by atoms with Crippen LogP contribution in [0.15, 0.2) is 200 Å². The highest BCUT2D eigenvalue weighted by atomic mass is 15.0. The van der Waals surface area contributed by atoms with Crippen molar-refractivity contribution >= 4 is 65.4 Å². The molecule has 1 aliphatic rings. The predicted molar refractivity (Wildman–Crippen MR) is 280 cm³/mol. The molecule has 318 valence electrons. The van der Waals surface area contributed by atoms with Gasteiger partial charge >= 0.3 is 0 Å². The third-order valence-corrected chi connectivity index (χ3v) is 16.5. The number of nitrogens with zero attached hydrogens (tertiary/aromatic N) is 3. The molecule has 0 saturated heterocycles. The molecule has 0 amide bonds. The van der Waals surface area contributed by atoms with Crippen LogP contribution in [0.4, 0.5) is 0 Å². The first-order valence-corrected chi connectivity index (χ1v) is 23.4. The molecule has 9 aromatic carbocycles. The van der Waals surface area contributed by atoms with Crippen LogP contribution in [0.25, 0.3) is 105 Å². The number of benzene rings is 9. The van der Waals surface area contributed by atoms with Crippen LogP contribution in [0, 0.1) is 5.41 Å². The zero-order valence-corrected chi connectivity index (χ0v) is 38.4. The number of aromatic nitrogens is 3. The van der Waals surface area contributed by atoms with Gasteiger partial charge < -0.3 is 13.7 Å². The van der Waals surface area contributed by atoms with Gasteiger partial charge in [0.15, 0.2) is 0 Å². The Morgan fingerprint density at radius 3 is 0.970 bits per heavy atom. The summed E-state index contributed by atoms with van der Waals surface area (Å²) in [6.07, 6.45) is 0. The van der Waals surface area contributed by atoms with Gasteiger partial charge in [0.2, 0.25) is 0 Å². The molecule has 3 nitrogen and oxygen atoms in total. The highest BCUT2D eigenvalue weighted by Crippen LogP contribution is 2.62. The summed E-state index contributed by atoms with van der Waals surface area (Å²) in [6.45, 7) is 14.7. The molecule has 3 heteroatoms. The lowest BCUT2D eigenvalue weighted by atomic mass is 9.59. The maximum atomic E-state index is 2.54. The molecule has 0 saturated carbocycles. The van der Waals surface area contributed by atoms with Gasteiger partial charge in [-0.15, -0.1) is 0 Å². The maximum absolute atomic E-state index is 2.54. The van der Waals surface area contributed by atoms with Crippen LogP contribution in [0.5, 0.6) is 0 Å². The number of fused-ring (bicyclic) bond motifs is 10. The molecule has 0 atom stereocenters. The summed E-state index contributed by atoms with van der Waals surface area (Å²) in [5.74, 6) is 0. The fourth-order valence-corrected chi connectivity index (χ4v) is 11.8. The second-order valence-electron chi connectivity index (χ2n) is 20.2. The number of hydrogen-bond acceptors (Lipinski definition) is 0. The molecular weight excluding hydrogens is 799 g/mol. The van der Waals surface area contributed by atoms with Crippen molar-refractivity contribution in [1.82, 2.24) is 13.7 Å². The van der Waals surface area contributed by atoms with E-state index in [0.717, 1.165) is 5.69 Å². The average Bonchev–Trinajstić information content (AvgIpc) is 4.00. The summed E-state index contributed by atoms with van der Waals surface area (Å²) in [4.78, 5) is 0. The molecule has 0 fully saturated rings. The highest BCUT2D eigenvalue weighted by Gasteiger charge is 2.57. The van der Waals surface area contributed by atoms with E-state index in [1.807, 2.05) is 0 Å². The van der Waals surface area contributed by atoms with E-state index >= 15 is 0 Å². The smallest absolute Gasteiger partial charge is 0.0544 e. The second-order valence-corrected chi connectivity index (χ2v) is 20.2. The monoisotopic (exact) mass is 849 g/mol. The van der Waals surface area contributed by atoms with Crippen LogP contribution >= 0.6 is 0 Å². The van der Waals surface area contributed by atoms with Gasteiger partial charge in [-0.3, -0.25) is 0 Å². The minimum Gasteiger partial charge on any atom is -0.309 e. The Hall–Kier alpha value is -7.62. The number of rotatable bonds is 5. The summed E-state index contributed by atoms with van der Waals surface area (Å²) >= 11 is 0. The Balaban J connectivity index is 1.01. The van der Waals surface area contributed by atoms with E-state index in [1.165, 1.54) is 110 Å². The van der Waals surface area contributed by atoms with Crippen LogP contribution in [0.3, 0.4) is 0 Å². The fourth-order valence-electron chi connectivity index (χ4n) is 11.8. The van der Waals surface area contributed by atoms with E-state index in [9.17, 15) is 0 Å². The second kappa shape index (κ2) is 13.7. The van der Waals surface area contributed by atoms with Crippen molar-refractivity contribution in [3.63, 3.8) is 0 Å². The quantitative estimate of drug-likeness (QED) is 0.164. The molecule has 0 aliphatic heterocycles. The molecule has 12 aromatic rings. The minimum absolute atomic E-state index is 0.00244. The molecule has 0 radical (unpaired) electrons. The van der Waals surface area contributed by atoms with Gasteiger partial charge in [0, 0.05) is 49.4 Å². The zero-order valence-electron chi connectivity index (χ0n) is 38.4. The molecule has 3 heterocycles. The molecule has 0 bridgehead atoms. The van der Waals surface area contributed by atoms with Gasteiger partial charge in [0.25, 0.3) is 0 Å². The van der Waals surface area contributed by atoms with Crippen LogP contribution in [-0.2, 0) is 10.8 Å². The Morgan fingerprint density at radius 2 is 0.561 bits per heavy atom. The first-order valence-electron chi connectivity index (χ1n) is 23.4. The average molecular weight is 850 g/mol. The van der Waals surface area contributed by atoms with Gasteiger partial charge in [0.05, 0.1) is 33.1 Å². The Bertz CT molecular complexity index is 3930. The van der Waals surface area contributed by atoms with Crippen molar-refractivity contribution in [3.05, 3.63) is 211 Å². The SMILES string of the molecule is CC1(C)c2cc3c4cc(-c5ccc6c(c5)c5cc(-c7ccc8c(c7)c7ccccc7n8-c7ccccc7)ccc5n6-c5ccccc5)ccc4n(-c4ccccc4)c3cc2C(C)(C)C1(C)C. The van der Waals surface area contributed by atoms with E-state index < -0.39 is 0 Å². The molecule has 1 aliphatic carbocycles. The topological polar surface area (TPSA) is 14.8 Å². The van der Waals surface area contributed by atoms with Crippen LogP contribution < -0.4 is 0 Å². The number of para-hydroxylation sites is 4. The fraction of sp³-hybridized carbons (Fsp3) is 0.143. The summed E-state index contributed by atoms with van der Waals surface area (Å²) in [6, 6.07) is 74.5. The minimum atomic E-state index is 0.00244. The standard InChI is InChI=1S/C63H51N3/c1-61(2)53-38-52-51-37-43(29-33-59(51)66(46-22-14-9-15-23-46)60(52)39-54(53)62(3,4)63(61,5)6)42-28-32-58-50(36-42)49-35-41(27-31-57(49)65(58)45-20-12-8-13-21-45)40-26-30-56-48(34-40)47-24-16-17-25-55(47)64(56)44-18-10-7-11-19-44/h7-39H,1-6H3. The van der Waals surface area contributed by atoms with Crippen molar-refractivity contribution in [1.29, 1.82) is 0 Å². The lowest BCUT2D eigenvalue weighted by Gasteiger charge is -2.44. The van der Waals surface area contributed by atoms with Gasteiger partial charge in [-0.2, -0.15) is 0 Å².